The summed E-state index contributed by atoms with van der Waals surface area (Å²) in [6, 6.07) is 14.8. The normalized spacial score (nSPS) is 10.4. The van der Waals surface area contributed by atoms with Crippen LogP contribution in [0.15, 0.2) is 64.2 Å². The minimum atomic E-state index is -0.504. The molecule has 1 N–H and O–H groups in total. The van der Waals surface area contributed by atoms with Gasteiger partial charge in [0.1, 0.15) is 5.75 Å². The van der Waals surface area contributed by atoms with Crippen molar-refractivity contribution >= 4 is 29.0 Å². The van der Waals surface area contributed by atoms with Gasteiger partial charge in [-0.15, -0.1) is 10.2 Å². The lowest BCUT2D eigenvalue weighted by molar-refractivity contribution is -0.384. The first-order valence-electron chi connectivity index (χ1n) is 7.77. The number of benzene rings is 2. The summed E-state index contributed by atoms with van der Waals surface area (Å²) >= 11 is 1.08. The van der Waals surface area contributed by atoms with E-state index in [1.165, 1.54) is 24.3 Å². The molecule has 0 fully saturated rings. The van der Waals surface area contributed by atoms with Crippen LogP contribution in [0.2, 0.25) is 0 Å². The molecule has 0 saturated carbocycles. The van der Waals surface area contributed by atoms with E-state index in [1.54, 1.807) is 0 Å². The Morgan fingerprint density at radius 2 is 1.89 bits per heavy atom. The molecule has 0 atom stereocenters. The minimum Gasteiger partial charge on any atom is -0.484 e. The molecule has 138 valence electrons. The van der Waals surface area contributed by atoms with Crippen molar-refractivity contribution in [3.8, 4) is 5.75 Å². The summed E-state index contributed by atoms with van der Waals surface area (Å²) in [5.41, 5.74) is 0.423. The van der Waals surface area contributed by atoms with E-state index < -0.39 is 4.92 Å². The Balaban J connectivity index is 1.45. The highest BCUT2D eigenvalue weighted by molar-refractivity contribution is 7.99. The molecule has 0 aliphatic carbocycles. The van der Waals surface area contributed by atoms with Gasteiger partial charge in [0.25, 0.3) is 16.8 Å². The molecule has 2 aromatic carbocycles. The maximum absolute atomic E-state index is 11.9. The van der Waals surface area contributed by atoms with Crippen LogP contribution in [0.5, 0.6) is 5.75 Å². The third kappa shape index (κ3) is 5.54. The predicted octanol–water partition coefficient (Wildman–Crippen LogP) is 3.29. The van der Waals surface area contributed by atoms with Crippen LogP contribution < -0.4 is 10.1 Å². The third-order valence-corrected chi connectivity index (χ3v) is 4.06. The number of para-hydroxylation sites is 1. The molecule has 27 heavy (non-hydrogen) atoms. The van der Waals surface area contributed by atoms with Crippen LogP contribution >= 0.6 is 11.8 Å². The summed E-state index contributed by atoms with van der Waals surface area (Å²) in [7, 11) is 0. The summed E-state index contributed by atoms with van der Waals surface area (Å²) in [5, 5.41) is 21.2. The SMILES string of the molecule is O=C(CSc1nnc(COc2ccccc2)o1)Nc1ccc([N+](=O)[O-])cc1. The molecule has 10 heteroatoms. The van der Waals surface area contributed by atoms with Crippen molar-refractivity contribution in [3.05, 3.63) is 70.6 Å². The van der Waals surface area contributed by atoms with Crippen LogP contribution in [0.1, 0.15) is 5.89 Å². The number of nitrogens with one attached hydrogen (secondary N) is 1. The van der Waals surface area contributed by atoms with Crippen molar-refractivity contribution in [2.24, 2.45) is 0 Å². The lowest BCUT2D eigenvalue weighted by Gasteiger charge is -2.03. The quantitative estimate of drug-likeness (QED) is 0.356. The molecule has 1 aromatic heterocycles. The minimum absolute atomic E-state index is 0.0431. The molecule has 1 heterocycles. The van der Waals surface area contributed by atoms with Gasteiger partial charge < -0.3 is 14.5 Å². The van der Waals surface area contributed by atoms with Crippen molar-refractivity contribution in [2.45, 2.75) is 11.8 Å². The van der Waals surface area contributed by atoms with Crippen molar-refractivity contribution in [1.29, 1.82) is 0 Å². The van der Waals surface area contributed by atoms with Crippen LogP contribution in [0.25, 0.3) is 0 Å². The number of ether oxygens (including phenoxy) is 1. The van der Waals surface area contributed by atoms with Crippen LogP contribution in [0, 0.1) is 10.1 Å². The molecule has 0 bridgehead atoms. The van der Waals surface area contributed by atoms with Crippen LogP contribution in [-0.4, -0.2) is 26.8 Å². The number of anilines is 1. The second-order valence-corrected chi connectivity index (χ2v) is 6.13. The topological polar surface area (TPSA) is 120 Å². The Labute approximate surface area is 157 Å². The average molecular weight is 386 g/mol. The zero-order valence-corrected chi connectivity index (χ0v) is 14.7. The van der Waals surface area contributed by atoms with Crippen molar-refractivity contribution in [3.63, 3.8) is 0 Å². The summed E-state index contributed by atoms with van der Waals surface area (Å²) in [5.74, 6) is 0.747. The zero-order valence-electron chi connectivity index (χ0n) is 13.9. The van der Waals surface area contributed by atoms with E-state index in [0.717, 1.165) is 11.8 Å². The lowest BCUT2D eigenvalue weighted by Crippen LogP contribution is -2.13. The highest BCUT2D eigenvalue weighted by Gasteiger charge is 2.11. The summed E-state index contributed by atoms with van der Waals surface area (Å²) in [6.45, 7) is 0.132. The standard InChI is InChI=1S/C17H14N4O5S/c22-15(18-12-6-8-13(9-7-12)21(23)24)11-27-17-20-19-16(26-17)10-25-14-4-2-1-3-5-14/h1-9H,10-11H2,(H,18,22). The van der Waals surface area contributed by atoms with Gasteiger partial charge in [0.15, 0.2) is 6.61 Å². The predicted molar refractivity (Wildman–Crippen MR) is 97.5 cm³/mol. The highest BCUT2D eigenvalue weighted by Crippen LogP contribution is 2.19. The average Bonchev–Trinajstić information content (AvgIpc) is 3.14. The van der Waals surface area contributed by atoms with Gasteiger partial charge >= 0.3 is 0 Å². The fourth-order valence-corrected chi connectivity index (χ4v) is 2.59. The maximum Gasteiger partial charge on any atom is 0.277 e. The Morgan fingerprint density at radius 3 is 2.59 bits per heavy atom. The first-order valence-corrected chi connectivity index (χ1v) is 8.76. The van der Waals surface area contributed by atoms with Gasteiger partial charge in [0.2, 0.25) is 5.91 Å². The molecule has 1 amide bonds. The number of aromatic nitrogens is 2. The monoisotopic (exact) mass is 386 g/mol. The van der Waals surface area contributed by atoms with Crippen molar-refractivity contribution < 1.29 is 18.9 Å². The number of amides is 1. The molecular weight excluding hydrogens is 372 g/mol. The third-order valence-electron chi connectivity index (χ3n) is 3.24. The number of thioether (sulfide) groups is 1. The van der Waals surface area contributed by atoms with Crippen LogP contribution in [0.4, 0.5) is 11.4 Å². The van der Waals surface area contributed by atoms with E-state index in [0.29, 0.717) is 17.3 Å². The molecule has 0 spiro atoms. The van der Waals surface area contributed by atoms with Crippen molar-refractivity contribution in [2.75, 3.05) is 11.1 Å². The molecule has 0 aliphatic rings. The first-order chi connectivity index (χ1) is 13.1. The maximum atomic E-state index is 11.9. The number of hydrogen-bond acceptors (Lipinski definition) is 8. The second kappa shape index (κ2) is 8.81. The molecule has 3 aromatic rings. The Kier molecular flexibility index (Phi) is 6.00. The van der Waals surface area contributed by atoms with Crippen LogP contribution in [0.3, 0.4) is 0 Å². The van der Waals surface area contributed by atoms with E-state index in [-0.39, 0.29) is 29.2 Å². The van der Waals surface area contributed by atoms with Gasteiger partial charge in [0, 0.05) is 17.8 Å². The smallest absolute Gasteiger partial charge is 0.277 e. The fourth-order valence-electron chi connectivity index (χ4n) is 2.01. The van der Waals surface area contributed by atoms with Crippen LogP contribution in [-0.2, 0) is 11.4 Å². The first kappa shape index (κ1) is 18.4. The number of nitro benzene ring substituents is 1. The number of carbonyl (C=O) groups excluding carboxylic acids is 1. The number of hydrogen-bond donors (Lipinski definition) is 1. The van der Waals surface area contributed by atoms with Gasteiger partial charge in [-0.1, -0.05) is 30.0 Å². The molecule has 0 unspecified atom stereocenters. The van der Waals surface area contributed by atoms with Gasteiger partial charge in [-0.05, 0) is 24.3 Å². The molecule has 9 nitrogen and oxygen atoms in total. The van der Waals surface area contributed by atoms with E-state index in [4.69, 9.17) is 9.15 Å². The van der Waals surface area contributed by atoms with Gasteiger partial charge in [-0.3, -0.25) is 14.9 Å². The van der Waals surface area contributed by atoms with Gasteiger partial charge in [-0.25, -0.2) is 0 Å². The molecule has 0 aliphatic heterocycles. The summed E-state index contributed by atoms with van der Waals surface area (Å²) < 4.78 is 10.9. The van der Waals surface area contributed by atoms with E-state index in [9.17, 15) is 14.9 Å². The zero-order chi connectivity index (χ0) is 19.1. The molecule has 3 rings (SSSR count). The number of nitrogens with zero attached hydrogens (tertiary/aromatic N) is 3. The van der Waals surface area contributed by atoms with Gasteiger partial charge in [0.05, 0.1) is 10.7 Å². The number of rotatable bonds is 8. The highest BCUT2D eigenvalue weighted by atomic mass is 32.2. The summed E-state index contributed by atoms with van der Waals surface area (Å²) in [6.07, 6.45) is 0. The summed E-state index contributed by atoms with van der Waals surface area (Å²) in [4.78, 5) is 22.0. The molecular formula is C17H14N4O5S. The Hall–Kier alpha value is -3.40. The fraction of sp³-hybridized carbons (Fsp3) is 0.118. The number of non-ortho nitro benzene ring substituents is 1. The molecule has 0 radical (unpaired) electrons. The number of nitro groups is 1. The second-order valence-electron chi connectivity index (χ2n) is 5.20. The van der Waals surface area contributed by atoms with Gasteiger partial charge in [-0.2, -0.15) is 0 Å². The molecule has 0 saturated heterocycles. The van der Waals surface area contributed by atoms with Crippen molar-refractivity contribution in [1.82, 2.24) is 10.2 Å². The lowest BCUT2D eigenvalue weighted by atomic mass is 10.3. The van der Waals surface area contributed by atoms with E-state index >= 15 is 0 Å². The van der Waals surface area contributed by atoms with E-state index in [2.05, 4.69) is 15.5 Å². The number of carbonyl (C=O) groups is 1. The Morgan fingerprint density at radius 1 is 1.15 bits per heavy atom. The Bertz CT molecular complexity index is 915. The largest absolute Gasteiger partial charge is 0.484 e. The van der Waals surface area contributed by atoms with E-state index in [1.807, 2.05) is 30.3 Å².